The smallest absolute Gasteiger partial charge is 0.191 e. The highest BCUT2D eigenvalue weighted by atomic mass is 127. The van der Waals surface area contributed by atoms with E-state index in [1.165, 1.54) is 5.56 Å². The van der Waals surface area contributed by atoms with Gasteiger partial charge in [-0.3, -0.25) is 0 Å². The van der Waals surface area contributed by atoms with Gasteiger partial charge in [0.05, 0.1) is 12.1 Å². The van der Waals surface area contributed by atoms with Crippen LogP contribution in [0.4, 0.5) is 0 Å². The van der Waals surface area contributed by atoms with Gasteiger partial charge in [0.2, 0.25) is 0 Å². The van der Waals surface area contributed by atoms with Crippen molar-refractivity contribution in [2.45, 2.75) is 58.8 Å². The number of nitrogens with zero attached hydrogens (tertiary/aromatic N) is 1. The van der Waals surface area contributed by atoms with Crippen molar-refractivity contribution in [3.63, 3.8) is 0 Å². The summed E-state index contributed by atoms with van der Waals surface area (Å²) in [6, 6.07) is 6.22. The Labute approximate surface area is 185 Å². The summed E-state index contributed by atoms with van der Waals surface area (Å²) >= 11 is 1.80. The number of rotatable bonds is 6. The van der Waals surface area contributed by atoms with Crippen LogP contribution in [0.3, 0.4) is 0 Å². The molecule has 7 heteroatoms. The normalized spacial score (nSPS) is 20.1. The molecule has 1 unspecified atom stereocenters. The summed E-state index contributed by atoms with van der Waals surface area (Å²) in [6.07, 6.45) is 0.825. The number of nitrogens with one attached hydrogen (secondary N) is 2. The molecule has 0 amide bonds. The van der Waals surface area contributed by atoms with Gasteiger partial charge in [0, 0.05) is 24.4 Å². The van der Waals surface area contributed by atoms with E-state index in [2.05, 4.69) is 35.8 Å². The monoisotopic (exact) mass is 507 g/mol. The van der Waals surface area contributed by atoms with E-state index in [-0.39, 0.29) is 29.6 Å². The topological polar surface area (TPSA) is 65.9 Å². The van der Waals surface area contributed by atoms with E-state index in [0.717, 1.165) is 41.7 Å². The fraction of sp³-hybridized carbons (Fsp3) is 0.650. The zero-order valence-electron chi connectivity index (χ0n) is 17.1. The van der Waals surface area contributed by atoms with Gasteiger partial charge < -0.3 is 20.5 Å². The lowest BCUT2D eigenvalue weighted by molar-refractivity contribution is 0.0724. The number of hydrogen-bond donors (Lipinski definition) is 3. The standard InChI is InChI=1S/C20H33N3O2S.HI/c1-6-21-18(23-13-20(24)9-10-26-14-20)22-12-16-8-7-15(2)11-17(16)25-19(3,4)5;/h7-8,11,24H,6,9-10,12-14H2,1-5H3,(H2,21,22,23);1H. The summed E-state index contributed by atoms with van der Waals surface area (Å²) in [5, 5.41) is 17.1. The second-order valence-corrected chi connectivity index (χ2v) is 9.01. The van der Waals surface area contributed by atoms with Crippen LogP contribution >= 0.6 is 35.7 Å². The predicted octanol–water partition coefficient (Wildman–Crippen LogP) is 3.71. The van der Waals surface area contributed by atoms with Gasteiger partial charge in [-0.1, -0.05) is 12.1 Å². The highest BCUT2D eigenvalue weighted by Crippen LogP contribution is 2.27. The summed E-state index contributed by atoms with van der Waals surface area (Å²) < 4.78 is 6.11. The lowest BCUT2D eigenvalue weighted by Crippen LogP contribution is -2.47. The lowest BCUT2D eigenvalue weighted by Gasteiger charge is -2.24. The Balaban J connectivity index is 0.00000364. The van der Waals surface area contributed by atoms with Gasteiger partial charge in [-0.05, 0) is 58.4 Å². The molecule has 1 aromatic carbocycles. The molecule has 1 aromatic rings. The fourth-order valence-corrected chi connectivity index (χ4v) is 4.00. The number of guanidine groups is 1. The van der Waals surface area contributed by atoms with Gasteiger partial charge in [0.25, 0.3) is 0 Å². The van der Waals surface area contributed by atoms with Crippen molar-refractivity contribution in [1.82, 2.24) is 10.6 Å². The van der Waals surface area contributed by atoms with Crippen LogP contribution in [0.15, 0.2) is 23.2 Å². The van der Waals surface area contributed by atoms with Gasteiger partial charge in [0.1, 0.15) is 11.4 Å². The van der Waals surface area contributed by atoms with Crippen LogP contribution in [0.1, 0.15) is 45.2 Å². The third kappa shape index (κ3) is 8.48. The van der Waals surface area contributed by atoms with Crippen LogP contribution in [-0.2, 0) is 6.54 Å². The average Bonchev–Trinajstić information content (AvgIpc) is 2.97. The number of halogens is 1. The van der Waals surface area contributed by atoms with Crippen LogP contribution in [0.25, 0.3) is 0 Å². The van der Waals surface area contributed by atoms with Crippen LogP contribution in [0.5, 0.6) is 5.75 Å². The SMILES string of the molecule is CCNC(=NCc1ccc(C)cc1OC(C)(C)C)NCC1(O)CCSC1.I. The predicted molar refractivity (Wildman–Crippen MR) is 127 cm³/mol. The number of thioether (sulfide) groups is 1. The Bertz CT molecular complexity index is 626. The molecule has 5 nitrogen and oxygen atoms in total. The maximum absolute atomic E-state index is 10.5. The van der Waals surface area contributed by atoms with Crippen LogP contribution in [-0.4, -0.2) is 46.9 Å². The molecule has 27 heavy (non-hydrogen) atoms. The molecule has 1 atom stereocenters. The molecule has 0 bridgehead atoms. The van der Waals surface area contributed by atoms with Crippen LogP contribution in [0, 0.1) is 6.92 Å². The largest absolute Gasteiger partial charge is 0.488 e. The minimum atomic E-state index is -0.634. The molecule has 1 heterocycles. The quantitative estimate of drug-likeness (QED) is 0.311. The molecule has 1 aliphatic rings. The summed E-state index contributed by atoms with van der Waals surface area (Å²) in [4.78, 5) is 4.69. The Morgan fingerprint density at radius 2 is 2.07 bits per heavy atom. The second kappa shape index (κ2) is 10.8. The minimum absolute atomic E-state index is 0. The van der Waals surface area contributed by atoms with E-state index in [1.54, 1.807) is 11.8 Å². The summed E-state index contributed by atoms with van der Waals surface area (Å²) in [6.45, 7) is 12.1. The molecule has 1 saturated heterocycles. The Morgan fingerprint density at radius 3 is 2.67 bits per heavy atom. The van der Waals surface area contributed by atoms with E-state index >= 15 is 0 Å². The zero-order chi connectivity index (χ0) is 19.2. The van der Waals surface area contributed by atoms with E-state index in [9.17, 15) is 5.11 Å². The second-order valence-electron chi connectivity index (χ2n) is 7.90. The highest BCUT2D eigenvalue weighted by molar-refractivity contribution is 14.0. The van der Waals surface area contributed by atoms with Crippen LogP contribution in [0.2, 0.25) is 0 Å². The van der Waals surface area contributed by atoms with Gasteiger partial charge >= 0.3 is 0 Å². The Kier molecular flexibility index (Phi) is 9.71. The van der Waals surface area contributed by atoms with Crippen molar-refractivity contribution in [2.75, 3.05) is 24.6 Å². The first kappa shape index (κ1) is 24.4. The Hall–Kier alpha value is -0.670. The van der Waals surface area contributed by atoms with Gasteiger partial charge in [0.15, 0.2) is 5.96 Å². The number of aryl methyl sites for hydroxylation is 1. The molecule has 2 rings (SSSR count). The first-order valence-corrected chi connectivity index (χ1v) is 10.5. The highest BCUT2D eigenvalue weighted by Gasteiger charge is 2.31. The number of ether oxygens (including phenoxy) is 1. The van der Waals surface area contributed by atoms with Crippen molar-refractivity contribution in [3.8, 4) is 5.75 Å². The molecule has 154 valence electrons. The first-order valence-electron chi connectivity index (χ1n) is 9.32. The molecule has 0 aromatic heterocycles. The van der Waals surface area contributed by atoms with E-state index < -0.39 is 5.60 Å². The van der Waals surface area contributed by atoms with Crippen molar-refractivity contribution in [3.05, 3.63) is 29.3 Å². The van der Waals surface area contributed by atoms with E-state index in [4.69, 9.17) is 9.73 Å². The van der Waals surface area contributed by atoms with Crippen molar-refractivity contribution in [2.24, 2.45) is 4.99 Å². The molecular weight excluding hydrogens is 473 g/mol. The molecule has 0 saturated carbocycles. The van der Waals surface area contributed by atoms with Crippen molar-refractivity contribution < 1.29 is 9.84 Å². The van der Waals surface area contributed by atoms with Crippen molar-refractivity contribution in [1.29, 1.82) is 0 Å². The molecule has 1 fully saturated rings. The van der Waals surface area contributed by atoms with Gasteiger partial charge in [-0.15, -0.1) is 24.0 Å². The average molecular weight is 507 g/mol. The van der Waals surface area contributed by atoms with Crippen molar-refractivity contribution >= 4 is 41.7 Å². The maximum atomic E-state index is 10.5. The molecule has 1 aliphatic heterocycles. The third-order valence-electron chi connectivity index (χ3n) is 4.06. The minimum Gasteiger partial charge on any atom is -0.488 e. The Morgan fingerprint density at radius 1 is 1.33 bits per heavy atom. The molecular formula is C20H34IN3O2S. The molecule has 0 aliphatic carbocycles. The summed E-state index contributed by atoms with van der Waals surface area (Å²) in [5.41, 5.74) is 1.34. The maximum Gasteiger partial charge on any atom is 0.191 e. The summed E-state index contributed by atoms with van der Waals surface area (Å²) in [7, 11) is 0. The summed E-state index contributed by atoms with van der Waals surface area (Å²) in [5.74, 6) is 3.40. The third-order valence-corrected chi connectivity index (χ3v) is 5.29. The zero-order valence-corrected chi connectivity index (χ0v) is 20.2. The number of aliphatic imine (C=N–C) groups is 1. The molecule has 0 spiro atoms. The lowest BCUT2D eigenvalue weighted by atomic mass is 10.0. The first-order chi connectivity index (χ1) is 12.2. The van der Waals surface area contributed by atoms with E-state index in [0.29, 0.717) is 13.1 Å². The van der Waals surface area contributed by atoms with E-state index in [1.807, 2.05) is 27.7 Å². The number of hydrogen-bond acceptors (Lipinski definition) is 4. The fourth-order valence-electron chi connectivity index (χ4n) is 2.71. The number of benzene rings is 1. The molecule has 0 radical (unpaired) electrons. The van der Waals surface area contributed by atoms with Gasteiger partial charge in [-0.25, -0.2) is 4.99 Å². The number of aliphatic hydroxyl groups is 1. The molecule has 3 N–H and O–H groups in total. The van der Waals surface area contributed by atoms with Gasteiger partial charge in [-0.2, -0.15) is 11.8 Å². The van der Waals surface area contributed by atoms with Crippen LogP contribution < -0.4 is 15.4 Å².